The number of amides is 1. The number of pyridine rings is 1. The fraction of sp³-hybridized carbons (Fsp3) is 0.200. The Morgan fingerprint density at radius 3 is 2.31 bits per heavy atom. The summed E-state index contributed by atoms with van der Waals surface area (Å²) in [5.74, 6) is -1.54. The molecule has 32 heavy (non-hydrogen) atoms. The number of carbonyl (C=O) groups excluding carboxylic acids is 1. The zero-order chi connectivity index (χ0) is 23.4. The van der Waals surface area contributed by atoms with Gasteiger partial charge in [-0.2, -0.15) is 3.71 Å². The second-order valence-electron chi connectivity index (χ2n) is 7.46. The summed E-state index contributed by atoms with van der Waals surface area (Å²) in [7, 11) is -8.67. The molecule has 1 aliphatic heterocycles. The van der Waals surface area contributed by atoms with Crippen LogP contribution in [0, 0.1) is 5.82 Å². The van der Waals surface area contributed by atoms with Gasteiger partial charge in [-0.1, -0.05) is 12.1 Å². The topological polar surface area (TPSA) is 125 Å². The molecule has 1 aromatic heterocycles. The van der Waals surface area contributed by atoms with Crippen molar-refractivity contribution in [1.82, 2.24) is 9.88 Å². The number of hydrogen-bond donors (Lipinski definition) is 1. The molecule has 0 bridgehead atoms. The highest BCUT2D eigenvalue weighted by atomic mass is 32.3. The summed E-state index contributed by atoms with van der Waals surface area (Å²) in [5.41, 5.74) is 0.0762. The number of hydrogen-bond acceptors (Lipinski definition) is 7. The summed E-state index contributed by atoms with van der Waals surface area (Å²) in [5, 5.41) is 10.9. The third-order valence-corrected chi connectivity index (χ3v) is 8.23. The van der Waals surface area contributed by atoms with E-state index in [1.807, 2.05) is 0 Å². The molecule has 4 rings (SSSR count). The summed E-state index contributed by atoms with van der Waals surface area (Å²) < 4.78 is 63.6. The predicted molar refractivity (Wildman–Crippen MR) is 116 cm³/mol. The van der Waals surface area contributed by atoms with Crippen molar-refractivity contribution >= 4 is 42.5 Å². The largest absolute Gasteiger partial charge is 0.505 e. The molecule has 0 aliphatic carbocycles. The van der Waals surface area contributed by atoms with Gasteiger partial charge in [0, 0.05) is 30.2 Å². The van der Waals surface area contributed by atoms with Crippen LogP contribution in [0.15, 0.2) is 42.6 Å². The van der Waals surface area contributed by atoms with Crippen LogP contribution in [0.5, 0.6) is 5.75 Å². The third-order valence-electron chi connectivity index (χ3n) is 5.03. The van der Waals surface area contributed by atoms with Crippen molar-refractivity contribution in [1.29, 1.82) is 0 Å². The first-order chi connectivity index (χ1) is 14.9. The number of anilines is 1. The maximum absolute atomic E-state index is 13.2. The summed E-state index contributed by atoms with van der Waals surface area (Å²) in [6.07, 6.45) is 2.81. The maximum Gasteiger partial charge on any atom is 0.258 e. The van der Waals surface area contributed by atoms with E-state index in [0.717, 1.165) is 12.5 Å². The monoisotopic (exact) mass is 479 g/mol. The highest BCUT2D eigenvalue weighted by Gasteiger charge is 2.40. The number of nitrogens with zero attached hydrogens (tertiary/aromatic N) is 3. The number of phenolic OH excluding ortho intramolecular Hbond substituents is 1. The van der Waals surface area contributed by atoms with E-state index in [-0.39, 0.29) is 44.5 Å². The lowest BCUT2D eigenvalue weighted by molar-refractivity contribution is 0.0764. The zero-order valence-electron chi connectivity index (χ0n) is 17.0. The van der Waals surface area contributed by atoms with Crippen LogP contribution in [0.1, 0.15) is 21.5 Å². The Hall–Kier alpha value is -3.25. The number of halogens is 1. The quantitative estimate of drug-likeness (QED) is 0.593. The number of rotatable bonds is 5. The van der Waals surface area contributed by atoms with Crippen LogP contribution < -0.4 is 3.71 Å². The van der Waals surface area contributed by atoms with E-state index in [1.54, 1.807) is 0 Å². The third kappa shape index (κ3) is 3.65. The molecule has 1 amide bonds. The number of fused-ring (bicyclic) bond motifs is 2. The molecule has 0 saturated carbocycles. The molecule has 1 aliphatic rings. The van der Waals surface area contributed by atoms with Crippen LogP contribution in [-0.2, 0) is 33.1 Å². The van der Waals surface area contributed by atoms with Crippen molar-refractivity contribution < 1.29 is 31.1 Å². The molecule has 0 unspecified atom stereocenters. The average molecular weight is 480 g/mol. The van der Waals surface area contributed by atoms with Gasteiger partial charge in [-0.15, -0.1) is 0 Å². The Bertz CT molecular complexity index is 1440. The molecule has 2 aromatic carbocycles. The van der Waals surface area contributed by atoms with Gasteiger partial charge in [-0.05, 0) is 29.8 Å². The molecular weight excluding hydrogens is 461 g/mol. The first kappa shape index (κ1) is 22.0. The van der Waals surface area contributed by atoms with Crippen molar-refractivity contribution in [2.75, 3.05) is 16.2 Å². The first-order valence-corrected chi connectivity index (χ1v) is 13.0. The zero-order valence-corrected chi connectivity index (χ0v) is 18.6. The highest BCUT2D eigenvalue weighted by Crippen LogP contribution is 2.45. The Labute approximate surface area is 183 Å². The second-order valence-corrected chi connectivity index (χ2v) is 11.4. The summed E-state index contributed by atoms with van der Waals surface area (Å²) in [6, 6.07) is 8.34. The maximum atomic E-state index is 13.2. The van der Waals surface area contributed by atoms with Crippen molar-refractivity contribution in [2.45, 2.75) is 13.1 Å². The second kappa shape index (κ2) is 7.41. The molecule has 0 atom stereocenters. The van der Waals surface area contributed by atoms with Gasteiger partial charge in [-0.25, -0.2) is 21.2 Å². The predicted octanol–water partition coefficient (Wildman–Crippen LogP) is 1.96. The van der Waals surface area contributed by atoms with Crippen LogP contribution in [0.2, 0.25) is 0 Å². The summed E-state index contributed by atoms with van der Waals surface area (Å²) >= 11 is 0. The number of aromatic nitrogens is 1. The van der Waals surface area contributed by atoms with Crippen LogP contribution in [0.4, 0.5) is 10.1 Å². The molecular formula is C20H18FN3O6S2. The van der Waals surface area contributed by atoms with Gasteiger partial charge in [0.2, 0.25) is 20.0 Å². The molecule has 2 heterocycles. The van der Waals surface area contributed by atoms with E-state index in [0.29, 0.717) is 5.56 Å². The summed E-state index contributed by atoms with van der Waals surface area (Å²) in [4.78, 5) is 18.5. The fourth-order valence-corrected chi connectivity index (χ4v) is 6.90. The van der Waals surface area contributed by atoms with Gasteiger partial charge in [0.05, 0.1) is 23.8 Å². The SMILES string of the molecule is CS(=O)(=O)N(c1c2c(c(O)c3ncccc13)C(=O)N(Cc1ccc(F)cc1)C2)S(C)(=O)=O. The minimum absolute atomic E-state index is 0.0359. The van der Waals surface area contributed by atoms with E-state index in [4.69, 9.17) is 0 Å². The van der Waals surface area contributed by atoms with E-state index in [2.05, 4.69) is 4.98 Å². The molecule has 0 spiro atoms. The molecule has 3 aromatic rings. The number of sulfonamides is 2. The standard InChI is InChI=1S/C20H18FN3O6S2/c1-31(27,28)24(32(2,29)30)18-14-4-3-9-22-17(14)19(25)16-15(18)11-23(20(16)26)10-12-5-7-13(21)8-6-12/h3-9,25H,10-11H2,1-2H3. The van der Waals surface area contributed by atoms with Crippen molar-refractivity contribution in [2.24, 2.45) is 0 Å². The molecule has 0 radical (unpaired) electrons. The molecule has 0 fully saturated rings. The van der Waals surface area contributed by atoms with E-state index < -0.39 is 37.5 Å². The van der Waals surface area contributed by atoms with Crippen molar-refractivity contribution in [3.8, 4) is 5.75 Å². The highest BCUT2D eigenvalue weighted by molar-refractivity contribution is 8.09. The summed E-state index contributed by atoms with van der Waals surface area (Å²) in [6.45, 7) is -0.130. The van der Waals surface area contributed by atoms with Crippen molar-refractivity contribution in [3.63, 3.8) is 0 Å². The van der Waals surface area contributed by atoms with Gasteiger partial charge in [0.15, 0.2) is 5.75 Å². The molecule has 9 nitrogen and oxygen atoms in total. The number of carbonyl (C=O) groups is 1. The van der Waals surface area contributed by atoms with Gasteiger partial charge in [0.25, 0.3) is 5.91 Å². The van der Waals surface area contributed by atoms with Crippen LogP contribution in [0.3, 0.4) is 0 Å². The lowest BCUT2D eigenvalue weighted by Crippen LogP contribution is -2.36. The Morgan fingerprint density at radius 2 is 1.72 bits per heavy atom. The van der Waals surface area contributed by atoms with Gasteiger partial charge >= 0.3 is 0 Å². The molecule has 168 valence electrons. The first-order valence-electron chi connectivity index (χ1n) is 9.26. The fourth-order valence-electron chi connectivity index (χ4n) is 3.86. The minimum Gasteiger partial charge on any atom is -0.505 e. The van der Waals surface area contributed by atoms with Gasteiger partial charge < -0.3 is 10.0 Å². The Kier molecular flexibility index (Phi) is 5.09. The molecule has 0 saturated heterocycles. The van der Waals surface area contributed by atoms with E-state index in [9.17, 15) is 31.1 Å². The van der Waals surface area contributed by atoms with Crippen LogP contribution in [-0.4, -0.2) is 50.2 Å². The number of aromatic hydroxyl groups is 1. The molecule has 1 N–H and O–H groups in total. The molecule has 12 heteroatoms. The van der Waals surface area contributed by atoms with E-state index in [1.165, 1.54) is 47.5 Å². The number of phenols is 1. The lowest BCUT2D eigenvalue weighted by Gasteiger charge is -2.24. The van der Waals surface area contributed by atoms with Gasteiger partial charge in [0.1, 0.15) is 11.3 Å². The normalized spacial score (nSPS) is 14.1. The van der Waals surface area contributed by atoms with Gasteiger partial charge in [-0.3, -0.25) is 9.78 Å². The Morgan fingerprint density at radius 1 is 1.09 bits per heavy atom. The Balaban J connectivity index is 1.97. The lowest BCUT2D eigenvalue weighted by atomic mass is 10.0. The van der Waals surface area contributed by atoms with Crippen LogP contribution >= 0.6 is 0 Å². The average Bonchev–Trinajstić information content (AvgIpc) is 3.01. The van der Waals surface area contributed by atoms with E-state index >= 15 is 0 Å². The minimum atomic E-state index is -4.34. The van der Waals surface area contributed by atoms with Crippen molar-refractivity contribution in [3.05, 3.63) is 65.1 Å². The number of benzene rings is 2. The smallest absolute Gasteiger partial charge is 0.258 e. The van der Waals surface area contributed by atoms with Crippen LogP contribution in [0.25, 0.3) is 10.9 Å².